The van der Waals surface area contributed by atoms with Gasteiger partial charge < -0.3 is 9.47 Å². The van der Waals surface area contributed by atoms with E-state index in [0.717, 1.165) is 32.4 Å². The van der Waals surface area contributed by atoms with Crippen molar-refractivity contribution in [3.05, 3.63) is 63.7 Å². The van der Waals surface area contributed by atoms with Crippen molar-refractivity contribution in [2.75, 3.05) is 18.0 Å². The third-order valence-electron chi connectivity index (χ3n) is 5.55. The topological polar surface area (TPSA) is 59.4 Å². The summed E-state index contributed by atoms with van der Waals surface area (Å²) < 4.78 is 42.9. The van der Waals surface area contributed by atoms with Crippen molar-refractivity contribution in [3.63, 3.8) is 0 Å². The molecule has 2 aromatic carbocycles. The van der Waals surface area contributed by atoms with Crippen molar-refractivity contribution in [3.8, 4) is 0 Å². The van der Waals surface area contributed by atoms with Gasteiger partial charge in [-0.25, -0.2) is 12.8 Å². The Bertz CT molecular complexity index is 1280. The van der Waals surface area contributed by atoms with Gasteiger partial charge in [0, 0.05) is 30.9 Å². The molecule has 0 N–H and O–H groups in total. The molecule has 5 nitrogen and oxygen atoms in total. The smallest absolute Gasteiger partial charge is 0.211 e. The molecule has 1 fully saturated rings. The molecule has 0 radical (unpaired) electrons. The largest absolute Gasteiger partial charge is 0.369 e. The molecule has 1 aliphatic rings. The van der Waals surface area contributed by atoms with Gasteiger partial charge in [-0.2, -0.15) is 0 Å². The van der Waals surface area contributed by atoms with Gasteiger partial charge in [0.15, 0.2) is 0 Å². The molecule has 2 heterocycles. The maximum absolute atomic E-state index is 15.0. The molecule has 3 aromatic rings. The van der Waals surface area contributed by atoms with E-state index < -0.39 is 21.1 Å². The molecule has 0 saturated carbocycles. The van der Waals surface area contributed by atoms with Gasteiger partial charge in [-0.15, -0.1) is 0 Å². The van der Waals surface area contributed by atoms with Crippen LogP contribution >= 0.6 is 11.6 Å². The van der Waals surface area contributed by atoms with E-state index in [-0.39, 0.29) is 20.2 Å². The molecule has 158 valence electrons. The fraction of sp³-hybridized carbons (Fsp3) is 0.318. The summed E-state index contributed by atoms with van der Waals surface area (Å²) in [6.45, 7) is 3.81. The molecular formula is C22H22ClFN2O3S. The quantitative estimate of drug-likeness (QED) is 0.583. The lowest BCUT2D eigenvalue weighted by Crippen LogP contribution is -2.30. The summed E-state index contributed by atoms with van der Waals surface area (Å²) in [6, 6.07) is 8.60. The normalized spacial score (nSPS) is 15.0. The monoisotopic (exact) mass is 448 g/mol. The Kier molecular flexibility index (Phi) is 5.59. The van der Waals surface area contributed by atoms with Crippen LogP contribution in [0.4, 0.5) is 10.1 Å². The Labute approximate surface area is 179 Å². The first-order chi connectivity index (χ1) is 14.3. The molecule has 1 aromatic heterocycles. The van der Waals surface area contributed by atoms with Crippen LogP contribution in [0.5, 0.6) is 0 Å². The highest BCUT2D eigenvalue weighted by atomic mass is 35.5. The maximum atomic E-state index is 15.0. The number of pyridine rings is 1. The number of fused-ring (bicyclic) bond motifs is 1. The number of hydrogen-bond acceptors (Lipinski definition) is 4. The average molecular weight is 449 g/mol. The molecule has 0 amide bonds. The summed E-state index contributed by atoms with van der Waals surface area (Å²) in [5.41, 5.74) is 0.266. The fourth-order valence-electron chi connectivity index (χ4n) is 3.96. The number of aromatic nitrogens is 1. The van der Waals surface area contributed by atoms with Gasteiger partial charge in [-0.05, 0) is 56.5 Å². The number of sulfone groups is 1. The standard InChI is InChI=1S/C22H22ClFN2O3S/c1-2-25-14-21(30(28,29)16-8-6-7-15(23)11-16)22(27)17-12-18(24)20(13-19(17)25)26-9-4-3-5-10-26/h6-8,11-14H,2-5,9-10H2,1H3. The minimum Gasteiger partial charge on any atom is -0.369 e. The number of hydrogen-bond donors (Lipinski definition) is 0. The molecule has 0 atom stereocenters. The van der Waals surface area contributed by atoms with Crippen LogP contribution in [-0.4, -0.2) is 26.1 Å². The number of anilines is 1. The molecule has 0 aliphatic carbocycles. The van der Waals surface area contributed by atoms with E-state index in [9.17, 15) is 17.6 Å². The lowest BCUT2D eigenvalue weighted by Gasteiger charge is -2.29. The van der Waals surface area contributed by atoms with Crippen molar-refractivity contribution < 1.29 is 12.8 Å². The average Bonchev–Trinajstić information content (AvgIpc) is 2.74. The first kappa shape index (κ1) is 20.9. The van der Waals surface area contributed by atoms with Crippen LogP contribution < -0.4 is 10.3 Å². The summed E-state index contributed by atoms with van der Waals surface area (Å²) >= 11 is 5.94. The Morgan fingerprint density at radius 3 is 2.50 bits per heavy atom. The van der Waals surface area contributed by atoms with Gasteiger partial charge in [0.05, 0.1) is 21.5 Å². The molecule has 1 saturated heterocycles. The van der Waals surface area contributed by atoms with Gasteiger partial charge in [0.2, 0.25) is 15.3 Å². The highest BCUT2D eigenvalue weighted by Crippen LogP contribution is 2.29. The fourth-order valence-corrected chi connectivity index (χ4v) is 5.63. The zero-order valence-corrected chi connectivity index (χ0v) is 18.1. The van der Waals surface area contributed by atoms with Gasteiger partial charge in [0.25, 0.3) is 0 Å². The van der Waals surface area contributed by atoms with Crippen molar-refractivity contribution >= 4 is 38.0 Å². The first-order valence-corrected chi connectivity index (χ1v) is 11.8. The molecule has 0 spiro atoms. The van der Waals surface area contributed by atoms with Gasteiger partial charge in [-0.1, -0.05) is 17.7 Å². The van der Waals surface area contributed by atoms with Crippen LogP contribution in [0.3, 0.4) is 0 Å². The van der Waals surface area contributed by atoms with Crippen LogP contribution in [0.15, 0.2) is 57.2 Å². The van der Waals surface area contributed by atoms with Crippen LogP contribution in [0.2, 0.25) is 5.02 Å². The summed E-state index contributed by atoms with van der Waals surface area (Å²) in [5, 5.41) is 0.308. The summed E-state index contributed by atoms with van der Waals surface area (Å²) in [6.07, 6.45) is 4.46. The Morgan fingerprint density at radius 2 is 1.83 bits per heavy atom. The van der Waals surface area contributed by atoms with Crippen molar-refractivity contribution in [2.45, 2.75) is 42.5 Å². The van der Waals surface area contributed by atoms with Crippen LogP contribution in [0, 0.1) is 5.82 Å². The predicted molar refractivity (Wildman–Crippen MR) is 117 cm³/mol. The lowest BCUT2D eigenvalue weighted by molar-refractivity contribution is 0.557. The number of halogens is 2. The third-order valence-corrected chi connectivity index (χ3v) is 7.53. The number of nitrogens with zero attached hydrogens (tertiary/aromatic N) is 2. The molecule has 4 rings (SSSR count). The second-order valence-electron chi connectivity index (χ2n) is 7.44. The van der Waals surface area contributed by atoms with E-state index in [1.54, 1.807) is 16.7 Å². The van der Waals surface area contributed by atoms with E-state index in [0.29, 0.717) is 17.7 Å². The minimum absolute atomic E-state index is 0.0539. The van der Waals surface area contributed by atoms with E-state index in [1.807, 2.05) is 11.8 Å². The number of benzene rings is 2. The molecule has 8 heteroatoms. The van der Waals surface area contributed by atoms with Gasteiger partial charge in [0.1, 0.15) is 10.7 Å². The lowest BCUT2D eigenvalue weighted by atomic mass is 10.1. The highest BCUT2D eigenvalue weighted by Gasteiger charge is 2.25. The van der Waals surface area contributed by atoms with Crippen LogP contribution in [0.25, 0.3) is 10.9 Å². The van der Waals surface area contributed by atoms with E-state index >= 15 is 0 Å². The van der Waals surface area contributed by atoms with Gasteiger partial charge >= 0.3 is 0 Å². The number of rotatable bonds is 4. The maximum Gasteiger partial charge on any atom is 0.211 e. The summed E-state index contributed by atoms with van der Waals surface area (Å²) in [5.74, 6) is -0.513. The van der Waals surface area contributed by atoms with Crippen molar-refractivity contribution in [1.29, 1.82) is 0 Å². The van der Waals surface area contributed by atoms with E-state index in [1.165, 1.54) is 30.5 Å². The molecule has 0 unspecified atom stereocenters. The first-order valence-electron chi connectivity index (χ1n) is 9.95. The number of aryl methyl sites for hydroxylation is 1. The summed E-state index contributed by atoms with van der Waals surface area (Å²) in [4.78, 5) is 14.7. The van der Waals surface area contributed by atoms with Crippen LogP contribution in [-0.2, 0) is 16.4 Å². The Balaban J connectivity index is 1.94. The molecular weight excluding hydrogens is 427 g/mol. The highest BCUT2D eigenvalue weighted by molar-refractivity contribution is 7.91. The molecule has 0 bridgehead atoms. The second kappa shape index (κ2) is 8.04. The van der Waals surface area contributed by atoms with Gasteiger partial charge in [-0.3, -0.25) is 4.79 Å². The third kappa shape index (κ3) is 3.61. The second-order valence-corrected chi connectivity index (χ2v) is 9.79. The minimum atomic E-state index is -4.11. The van der Waals surface area contributed by atoms with E-state index in [4.69, 9.17) is 11.6 Å². The van der Waals surface area contributed by atoms with E-state index in [2.05, 4.69) is 0 Å². The predicted octanol–water partition coefficient (Wildman–Crippen LogP) is 4.64. The van der Waals surface area contributed by atoms with Crippen molar-refractivity contribution in [2.24, 2.45) is 0 Å². The Hall–Kier alpha value is -2.38. The zero-order valence-electron chi connectivity index (χ0n) is 16.6. The van der Waals surface area contributed by atoms with Crippen molar-refractivity contribution in [1.82, 2.24) is 4.57 Å². The number of piperidine rings is 1. The summed E-state index contributed by atoms with van der Waals surface area (Å²) in [7, 11) is -4.11. The SMILES string of the molecule is CCn1cc(S(=O)(=O)c2cccc(Cl)c2)c(=O)c2cc(F)c(N3CCCCC3)cc21. The Morgan fingerprint density at radius 1 is 1.10 bits per heavy atom. The molecule has 1 aliphatic heterocycles. The van der Waals surface area contributed by atoms with Crippen LogP contribution in [0.1, 0.15) is 26.2 Å². The molecule has 30 heavy (non-hydrogen) atoms. The zero-order chi connectivity index (χ0) is 21.5.